The summed E-state index contributed by atoms with van der Waals surface area (Å²) in [6.07, 6.45) is 3.25. The number of nitrogens with one attached hydrogen (secondary N) is 1. The van der Waals surface area contributed by atoms with Crippen molar-refractivity contribution in [2.24, 2.45) is 5.92 Å². The molecule has 1 saturated heterocycles. The van der Waals surface area contributed by atoms with Gasteiger partial charge >= 0.3 is 0 Å². The van der Waals surface area contributed by atoms with E-state index in [4.69, 9.17) is 4.52 Å². The minimum atomic E-state index is 0.148. The Labute approximate surface area is 107 Å². The summed E-state index contributed by atoms with van der Waals surface area (Å²) < 4.78 is 5.20. The van der Waals surface area contributed by atoms with Crippen molar-refractivity contribution in [1.82, 2.24) is 15.4 Å². The molecule has 1 aliphatic carbocycles. The maximum Gasteiger partial charge on any atom is 0.224 e. The summed E-state index contributed by atoms with van der Waals surface area (Å²) in [4.78, 5) is 14.2. The van der Waals surface area contributed by atoms with Crippen LogP contribution in [0.5, 0.6) is 0 Å². The summed E-state index contributed by atoms with van der Waals surface area (Å²) in [6.45, 7) is 4.47. The number of aromatic nitrogens is 1. The highest BCUT2D eigenvalue weighted by Gasteiger charge is 2.32. The summed E-state index contributed by atoms with van der Waals surface area (Å²) in [7, 11) is 0. The van der Waals surface area contributed by atoms with Gasteiger partial charge in [0.15, 0.2) is 5.76 Å². The fourth-order valence-electron chi connectivity index (χ4n) is 2.45. The normalized spacial score (nSPS) is 24.4. The second-order valence-corrected chi connectivity index (χ2v) is 5.44. The standard InChI is InChI=1S/C13H19N3O2/c1-9-6-12(18-15-9)8-16-5-4-10(7-16)13(17)14-11-2-3-11/h6,10-11H,2-5,7-8H2,1H3,(H,14,17). The van der Waals surface area contributed by atoms with Gasteiger partial charge in [0.25, 0.3) is 0 Å². The maximum absolute atomic E-state index is 11.9. The number of likely N-dealkylation sites (tertiary alicyclic amines) is 1. The van der Waals surface area contributed by atoms with Crippen LogP contribution in [0, 0.1) is 12.8 Å². The zero-order chi connectivity index (χ0) is 12.5. The smallest absolute Gasteiger partial charge is 0.224 e. The molecule has 1 amide bonds. The highest BCUT2D eigenvalue weighted by Crippen LogP contribution is 2.23. The van der Waals surface area contributed by atoms with Crippen LogP contribution >= 0.6 is 0 Å². The van der Waals surface area contributed by atoms with E-state index in [1.807, 2.05) is 13.0 Å². The zero-order valence-corrected chi connectivity index (χ0v) is 10.7. The van der Waals surface area contributed by atoms with Crippen LogP contribution < -0.4 is 5.32 Å². The van der Waals surface area contributed by atoms with Crippen molar-refractivity contribution in [2.75, 3.05) is 13.1 Å². The highest BCUT2D eigenvalue weighted by molar-refractivity contribution is 5.79. The summed E-state index contributed by atoms with van der Waals surface area (Å²) in [5.41, 5.74) is 0.909. The molecule has 1 aliphatic heterocycles. The number of hydrogen-bond acceptors (Lipinski definition) is 4. The van der Waals surface area contributed by atoms with Gasteiger partial charge in [0.1, 0.15) is 0 Å². The minimum Gasteiger partial charge on any atom is -0.360 e. The highest BCUT2D eigenvalue weighted by atomic mass is 16.5. The molecule has 1 atom stereocenters. The van der Waals surface area contributed by atoms with E-state index >= 15 is 0 Å². The second-order valence-electron chi connectivity index (χ2n) is 5.44. The van der Waals surface area contributed by atoms with Gasteiger partial charge in [-0.1, -0.05) is 5.16 Å². The summed E-state index contributed by atoms with van der Waals surface area (Å²) in [5.74, 6) is 1.26. The van der Waals surface area contributed by atoms with Crippen molar-refractivity contribution in [3.05, 3.63) is 17.5 Å². The van der Waals surface area contributed by atoms with Crippen molar-refractivity contribution < 1.29 is 9.32 Å². The minimum absolute atomic E-state index is 0.148. The van der Waals surface area contributed by atoms with Gasteiger partial charge in [0.05, 0.1) is 18.2 Å². The Kier molecular flexibility index (Phi) is 3.07. The monoisotopic (exact) mass is 249 g/mol. The molecule has 0 bridgehead atoms. The Hall–Kier alpha value is -1.36. The van der Waals surface area contributed by atoms with Gasteiger partial charge in [-0.3, -0.25) is 9.69 Å². The Morgan fingerprint density at radius 3 is 3.06 bits per heavy atom. The van der Waals surface area contributed by atoms with Crippen molar-refractivity contribution in [3.8, 4) is 0 Å². The molecule has 1 saturated carbocycles. The molecular weight excluding hydrogens is 230 g/mol. The number of carbonyl (C=O) groups excluding carboxylic acids is 1. The Balaban J connectivity index is 1.49. The van der Waals surface area contributed by atoms with Crippen LogP contribution in [0.2, 0.25) is 0 Å². The molecule has 1 aromatic heterocycles. The Morgan fingerprint density at radius 1 is 1.56 bits per heavy atom. The summed E-state index contributed by atoms with van der Waals surface area (Å²) >= 11 is 0. The van der Waals surface area contributed by atoms with E-state index in [-0.39, 0.29) is 11.8 Å². The number of amides is 1. The first-order chi connectivity index (χ1) is 8.70. The zero-order valence-electron chi connectivity index (χ0n) is 10.7. The van der Waals surface area contributed by atoms with Gasteiger partial charge in [0.2, 0.25) is 5.91 Å². The molecule has 0 radical (unpaired) electrons. The lowest BCUT2D eigenvalue weighted by Gasteiger charge is -2.13. The van der Waals surface area contributed by atoms with Crippen LogP contribution in [0.3, 0.4) is 0 Å². The topological polar surface area (TPSA) is 58.4 Å². The van der Waals surface area contributed by atoms with Crippen LogP contribution in [-0.4, -0.2) is 35.1 Å². The van der Waals surface area contributed by atoms with Crippen LogP contribution in [0.4, 0.5) is 0 Å². The van der Waals surface area contributed by atoms with Crippen molar-refractivity contribution in [3.63, 3.8) is 0 Å². The SMILES string of the molecule is Cc1cc(CN2CCC(C(=O)NC3CC3)C2)on1. The lowest BCUT2D eigenvalue weighted by Crippen LogP contribution is -2.33. The lowest BCUT2D eigenvalue weighted by molar-refractivity contribution is -0.124. The maximum atomic E-state index is 11.9. The van der Waals surface area contributed by atoms with Crippen LogP contribution in [0.25, 0.3) is 0 Å². The molecule has 1 N–H and O–H groups in total. The van der Waals surface area contributed by atoms with Gasteiger partial charge in [-0.05, 0) is 32.7 Å². The van der Waals surface area contributed by atoms with E-state index in [9.17, 15) is 4.79 Å². The van der Waals surface area contributed by atoms with Crippen molar-refractivity contribution >= 4 is 5.91 Å². The summed E-state index contributed by atoms with van der Waals surface area (Å²) in [6, 6.07) is 2.42. The molecule has 1 unspecified atom stereocenters. The van der Waals surface area contributed by atoms with Gasteiger partial charge in [-0.25, -0.2) is 0 Å². The molecule has 5 nitrogen and oxygen atoms in total. The molecule has 0 aromatic carbocycles. The summed E-state index contributed by atoms with van der Waals surface area (Å²) in [5, 5.41) is 6.96. The molecule has 0 spiro atoms. The predicted octanol–water partition coefficient (Wildman–Crippen LogP) is 1.08. The quantitative estimate of drug-likeness (QED) is 0.867. The first-order valence-corrected chi connectivity index (χ1v) is 6.65. The first kappa shape index (κ1) is 11.7. The number of rotatable bonds is 4. The average Bonchev–Trinajstić information content (AvgIpc) is 2.87. The largest absolute Gasteiger partial charge is 0.360 e. The van der Waals surface area contributed by atoms with E-state index in [0.717, 1.165) is 50.4 Å². The second kappa shape index (κ2) is 4.72. The van der Waals surface area contributed by atoms with E-state index < -0.39 is 0 Å². The number of hydrogen-bond donors (Lipinski definition) is 1. The fraction of sp³-hybridized carbons (Fsp3) is 0.692. The molecule has 18 heavy (non-hydrogen) atoms. The lowest BCUT2D eigenvalue weighted by atomic mass is 10.1. The molecule has 98 valence electrons. The molecule has 3 rings (SSSR count). The Bertz CT molecular complexity index is 439. The van der Waals surface area contributed by atoms with E-state index in [1.54, 1.807) is 0 Å². The third kappa shape index (κ3) is 2.72. The van der Waals surface area contributed by atoms with Gasteiger partial charge < -0.3 is 9.84 Å². The van der Waals surface area contributed by atoms with Crippen LogP contribution in [0.15, 0.2) is 10.6 Å². The van der Waals surface area contributed by atoms with E-state index in [2.05, 4.69) is 15.4 Å². The number of aryl methyl sites for hydroxylation is 1. The molecule has 2 fully saturated rings. The average molecular weight is 249 g/mol. The van der Waals surface area contributed by atoms with Crippen molar-refractivity contribution in [1.29, 1.82) is 0 Å². The molecule has 2 aliphatic rings. The third-order valence-corrected chi connectivity index (χ3v) is 3.62. The number of nitrogens with zero attached hydrogens (tertiary/aromatic N) is 2. The fourth-order valence-corrected chi connectivity index (χ4v) is 2.45. The van der Waals surface area contributed by atoms with Crippen LogP contribution in [-0.2, 0) is 11.3 Å². The molecule has 5 heteroatoms. The molecule has 1 aromatic rings. The predicted molar refractivity (Wildman–Crippen MR) is 65.8 cm³/mol. The van der Waals surface area contributed by atoms with E-state index in [0.29, 0.717) is 6.04 Å². The van der Waals surface area contributed by atoms with Gasteiger partial charge in [0, 0.05) is 18.7 Å². The molecular formula is C13H19N3O2. The Morgan fingerprint density at radius 2 is 2.39 bits per heavy atom. The number of carbonyl (C=O) groups is 1. The van der Waals surface area contributed by atoms with Gasteiger partial charge in [-0.15, -0.1) is 0 Å². The first-order valence-electron chi connectivity index (χ1n) is 6.65. The van der Waals surface area contributed by atoms with E-state index in [1.165, 1.54) is 0 Å². The van der Waals surface area contributed by atoms with Crippen molar-refractivity contribution in [2.45, 2.75) is 38.8 Å². The van der Waals surface area contributed by atoms with Crippen LogP contribution in [0.1, 0.15) is 30.7 Å². The molecule has 2 heterocycles. The van der Waals surface area contributed by atoms with Gasteiger partial charge in [-0.2, -0.15) is 0 Å². The third-order valence-electron chi connectivity index (χ3n) is 3.62.